The second-order valence-corrected chi connectivity index (χ2v) is 6.13. The fourth-order valence-electron chi connectivity index (χ4n) is 2.20. The molecular formula is C17H18BrClO. The van der Waals surface area contributed by atoms with Gasteiger partial charge in [-0.2, -0.15) is 0 Å². The van der Waals surface area contributed by atoms with Crippen LogP contribution < -0.4 is 4.74 Å². The highest BCUT2D eigenvalue weighted by Crippen LogP contribution is 2.30. The Labute approximate surface area is 134 Å². The van der Waals surface area contributed by atoms with Gasteiger partial charge in [0.05, 0.1) is 0 Å². The van der Waals surface area contributed by atoms with E-state index in [0.717, 1.165) is 27.4 Å². The fraction of sp³-hybridized carbons (Fsp3) is 0.294. The topological polar surface area (TPSA) is 9.23 Å². The number of hydrogen-bond acceptors (Lipinski definition) is 1. The summed E-state index contributed by atoms with van der Waals surface area (Å²) in [5.41, 5.74) is 3.66. The van der Waals surface area contributed by atoms with Crippen molar-refractivity contribution < 1.29 is 4.74 Å². The standard InChI is InChI=1S/C17H18BrClO/c1-11(2)16-7-6-14(8-12(16)3)20-15-5-4-13(10-18)17(19)9-15/h4-9,11H,10H2,1-3H3. The fourth-order valence-corrected chi connectivity index (χ4v) is 3.08. The van der Waals surface area contributed by atoms with Crippen molar-refractivity contribution in [3.05, 3.63) is 58.1 Å². The van der Waals surface area contributed by atoms with E-state index in [1.54, 1.807) is 0 Å². The van der Waals surface area contributed by atoms with Gasteiger partial charge in [0.25, 0.3) is 0 Å². The van der Waals surface area contributed by atoms with Gasteiger partial charge in [-0.05, 0) is 53.8 Å². The Kier molecular flexibility index (Phi) is 5.11. The molecule has 2 aromatic rings. The second-order valence-electron chi connectivity index (χ2n) is 5.16. The maximum atomic E-state index is 6.18. The van der Waals surface area contributed by atoms with Crippen molar-refractivity contribution in [2.45, 2.75) is 32.0 Å². The SMILES string of the molecule is Cc1cc(Oc2ccc(CBr)c(Cl)c2)ccc1C(C)C. The van der Waals surface area contributed by atoms with Crippen molar-refractivity contribution in [2.75, 3.05) is 0 Å². The molecule has 0 N–H and O–H groups in total. The van der Waals surface area contributed by atoms with Crippen LogP contribution in [-0.2, 0) is 5.33 Å². The lowest BCUT2D eigenvalue weighted by Crippen LogP contribution is -1.93. The summed E-state index contributed by atoms with van der Waals surface area (Å²) in [5.74, 6) is 2.13. The molecule has 0 aliphatic carbocycles. The zero-order chi connectivity index (χ0) is 14.7. The number of hydrogen-bond donors (Lipinski definition) is 0. The molecule has 0 amide bonds. The number of benzene rings is 2. The number of rotatable bonds is 4. The van der Waals surface area contributed by atoms with E-state index >= 15 is 0 Å². The molecule has 3 heteroatoms. The molecule has 0 aliphatic rings. The average molecular weight is 354 g/mol. The normalized spacial score (nSPS) is 10.9. The first kappa shape index (κ1) is 15.4. The molecule has 20 heavy (non-hydrogen) atoms. The summed E-state index contributed by atoms with van der Waals surface area (Å²) in [5, 5.41) is 1.46. The molecule has 106 valence electrons. The molecule has 1 nitrogen and oxygen atoms in total. The average Bonchev–Trinajstić information content (AvgIpc) is 2.38. The molecule has 0 bridgehead atoms. The first-order valence-electron chi connectivity index (χ1n) is 6.64. The molecular weight excluding hydrogens is 336 g/mol. The van der Waals surface area contributed by atoms with Gasteiger partial charge in [-0.1, -0.05) is 53.5 Å². The van der Waals surface area contributed by atoms with Gasteiger partial charge in [0.2, 0.25) is 0 Å². The van der Waals surface area contributed by atoms with E-state index in [4.69, 9.17) is 16.3 Å². The first-order valence-corrected chi connectivity index (χ1v) is 8.14. The molecule has 0 atom stereocenters. The summed E-state index contributed by atoms with van der Waals surface area (Å²) in [7, 11) is 0. The minimum atomic E-state index is 0.525. The highest BCUT2D eigenvalue weighted by atomic mass is 79.9. The van der Waals surface area contributed by atoms with Crippen molar-refractivity contribution in [2.24, 2.45) is 0 Å². The Morgan fingerprint density at radius 1 is 1.10 bits per heavy atom. The molecule has 0 heterocycles. The molecule has 0 radical (unpaired) electrons. The smallest absolute Gasteiger partial charge is 0.128 e. The van der Waals surface area contributed by atoms with E-state index in [1.165, 1.54) is 11.1 Å². The highest BCUT2D eigenvalue weighted by Gasteiger charge is 2.06. The zero-order valence-corrected chi connectivity index (χ0v) is 14.3. The maximum absolute atomic E-state index is 6.18. The third-order valence-electron chi connectivity index (χ3n) is 3.27. The van der Waals surface area contributed by atoms with Crippen LogP contribution in [0.15, 0.2) is 36.4 Å². The predicted molar refractivity (Wildman–Crippen MR) is 89.4 cm³/mol. The van der Waals surface area contributed by atoms with E-state index in [9.17, 15) is 0 Å². The number of alkyl halides is 1. The predicted octanol–water partition coefficient (Wildman–Crippen LogP) is 6.46. The molecule has 0 saturated carbocycles. The third-order valence-corrected chi connectivity index (χ3v) is 4.22. The van der Waals surface area contributed by atoms with Gasteiger partial charge in [0, 0.05) is 10.4 Å². The van der Waals surface area contributed by atoms with E-state index in [0.29, 0.717) is 5.92 Å². The van der Waals surface area contributed by atoms with E-state index < -0.39 is 0 Å². The van der Waals surface area contributed by atoms with Gasteiger partial charge in [0.15, 0.2) is 0 Å². The summed E-state index contributed by atoms with van der Waals surface area (Å²) >= 11 is 9.59. The van der Waals surface area contributed by atoms with Crippen LogP contribution in [0.1, 0.15) is 36.5 Å². The summed E-state index contributed by atoms with van der Waals surface area (Å²) in [6, 6.07) is 12.0. The largest absolute Gasteiger partial charge is 0.457 e. The molecule has 0 unspecified atom stereocenters. The monoisotopic (exact) mass is 352 g/mol. The van der Waals surface area contributed by atoms with E-state index in [-0.39, 0.29) is 0 Å². The van der Waals surface area contributed by atoms with Crippen molar-refractivity contribution in [1.82, 2.24) is 0 Å². The second kappa shape index (κ2) is 6.64. The van der Waals surface area contributed by atoms with Crippen LogP contribution in [-0.4, -0.2) is 0 Å². The van der Waals surface area contributed by atoms with Crippen LogP contribution in [0.5, 0.6) is 11.5 Å². The van der Waals surface area contributed by atoms with Crippen LogP contribution >= 0.6 is 27.5 Å². The van der Waals surface area contributed by atoms with Crippen molar-refractivity contribution in [1.29, 1.82) is 0 Å². The Bertz CT molecular complexity index is 608. The van der Waals surface area contributed by atoms with Gasteiger partial charge in [-0.3, -0.25) is 0 Å². The lowest BCUT2D eigenvalue weighted by molar-refractivity contribution is 0.482. The molecule has 0 aliphatic heterocycles. The van der Waals surface area contributed by atoms with Crippen LogP contribution in [0.3, 0.4) is 0 Å². The van der Waals surface area contributed by atoms with Crippen molar-refractivity contribution in [3.8, 4) is 11.5 Å². The van der Waals surface area contributed by atoms with Crippen LogP contribution in [0.2, 0.25) is 5.02 Å². The van der Waals surface area contributed by atoms with Gasteiger partial charge in [-0.15, -0.1) is 0 Å². The minimum absolute atomic E-state index is 0.525. The summed E-state index contributed by atoms with van der Waals surface area (Å²) in [6.07, 6.45) is 0. The van der Waals surface area contributed by atoms with E-state index in [2.05, 4.69) is 48.8 Å². The van der Waals surface area contributed by atoms with Crippen molar-refractivity contribution in [3.63, 3.8) is 0 Å². The molecule has 2 rings (SSSR count). The minimum Gasteiger partial charge on any atom is -0.457 e. The molecule has 0 aromatic heterocycles. The van der Waals surface area contributed by atoms with Crippen LogP contribution in [0.25, 0.3) is 0 Å². The number of aryl methyl sites for hydroxylation is 1. The lowest BCUT2D eigenvalue weighted by Gasteiger charge is -2.13. The Hall–Kier alpha value is -0.990. The Balaban J connectivity index is 2.22. The third kappa shape index (κ3) is 3.56. The molecule has 2 aromatic carbocycles. The van der Waals surface area contributed by atoms with E-state index in [1.807, 2.05) is 24.3 Å². The highest BCUT2D eigenvalue weighted by molar-refractivity contribution is 9.08. The Morgan fingerprint density at radius 3 is 2.30 bits per heavy atom. The summed E-state index contributed by atoms with van der Waals surface area (Å²) in [6.45, 7) is 6.51. The number of halogens is 2. The van der Waals surface area contributed by atoms with Gasteiger partial charge in [-0.25, -0.2) is 0 Å². The van der Waals surface area contributed by atoms with Gasteiger partial charge in [0.1, 0.15) is 11.5 Å². The maximum Gasteiger partial charge on any atom is 0.128 e. The van der Waals surface area contributed by atoms with Crippen LogP contribution in [0.4, 0.5) is 0 Å². The summed E-state index contributed by atoms with van der Waals surface area (Å²) < 4.78 is 5.87. The quantitative estimate of drug-likeness (QED) is 0.573. The summed E-state index contributed by atoms with van der Waals surface area (Å²) in [4.78, 5) is 0. The van der Waals surface area contributed by atoms with Gasteiger partial charge >= 0.3 is 0 Å². The van der Waals surface area contributed by atoms with Gasteiger partial charge < -0.3 is 4.74 Å². The number of ether oxygens (including phenoxy) is 1. The molecule has 0 spiro atoms. The molecule has 0 saturated heterocycles. The zero-order valence-electron chi connectivity index (χ0n) is 11.9. The molecule has 0 fully saturated rings. The van der Waals surface area contributed by atoms with Crippen LogP contribution in [0, 0.1) is 6.92 Å². The first-order chi connectivity index (χ1) is 9.51. The Morgan fingerprint density at radius 2 is 1.75 bits per heavy atom. The lowest BCUT2D eigenvalue weighted by atomic mass is 9.98. The van der Waals surface area contributed by atoms with Crippen molar-refractivity contribution >= 4 is 27.5 Å².